The molecule has 1 aliphatic heterocycles. The Morgan fingerprint density at radius 2 is 1.79 bits per heavy atom. The molecule has 1 fully saturated rings. The van der Waals surface area contributed by atoms with Crippen LogP contribution in [0.4, 0.5) is 0 Å². The van der Waals surface area contributed by atoms with Gasteiger partial charge in [0.15, 0.2) is 0 Å². The lowest BCUT2D eigenvalue weighted by Crippen LogP contribution is -2.51. The summed E-state index contributed by atoms with van der Waals surface area (Å²) >= 11 is 0. The average Bonchev–Trinajstić information content (AvgIpc) is 2.00. The average molecular weight is 189 g/mol. The summed E-state index contributed by atoms with van der Waals surface area (Å²) in [7, 11) is 0. The zero-order chi connectivity index (χ0) is 10.2. The predicted octanol–water partition coefficient (Wildman–Crippen LogP) is 3.23. The van der Waals surface area contributed by atoms with Gasteiger partial charge in [-0.25, -0.2) is 0 Å². The smallest absolute Gasteiger partial charge is 0.0365 e. The Hall–Kier alpha value is -0.820. The zero-order valence-electron chi connectivity index (χ0n) is 9.33. The van der Waals surface area contributed by atoms with Gasteiger partial charge in [0.2, 0.25) is 0 Å². The monoisotopic (exact) mass is 189 g/mol. The van der Waals surface area contributed by atoms with Crippen molar-refractivity contribution >= 4 is 0 Å². The highest BCUT2D eigenvalue weighted by atomic mass is 15.3. The molecular weight excluding hydrogens is 170 g/mol. The Bertz CT molecular complexity index is 297. The Balaban J connectivity index is 2.15. The number of hydrogen-bond acceptors (Lipinski definition) is 1. The largest absolute Gasteiger partial charge is 0.291 e. The minimum atomic E-state index is 0.304. The number of likely N-dealkylation sites (tertiary alicyclic amines) is 1. The van der Waals surface area contributed by atoms with Crippen LogP contribution in [0.1, 0.15) is 38.8 Å². The van der Waals surface area contributed by atoms with Gasteiger partial charge in [0.25, 0.3) is 0 Å². The van der Waals surface area contributed by atoms with E-state index in [0.717, 1.165) is 0 Å². The van der Waals surface area contributed by atoms with E-state index in [1.54, 1.807) is 0 Å². The van der Waals surface area contributed by atoms with Crippen LogP contribution in [0.2, 0.25) is 0 Å². The predicted molar refractivity (Wildman–Crippen MR) is 60.3 cm³/mol. The van der Waals surface area contributed by atoms with Crippen molar-refractivity contribution in [2.24, 2.45) is 0 Å². The number of benzene rings is 1. The van der Waals surface area contributed by atoms with Crippen LogP contribution in [0.25, 0.3) is 0 Å². The van der Waals surface area contributed by atoms with Gasteiger partial charge in [0.1, 0.15) is 0 Å². The number of hydrogen-bond donors (Lipinski definition) is 0. The van der Waals surface area contributed by atoms with Crippen molar-refractivity contribution in [1.29, 1.82) is 0 Å². The zero-order valence-corrected chi connectivity index (χ0v) is 9.33. The Kier molecular flexibility index (Phi) is 2.36. The van der Waals surface area contributed by atoms with Crippen LogP contribution in [0.3, 0.4) is 0 Å². The molecule has 0 radical (unpaired) electrons. The highest BCUT2D eigenvalue weighted by Gasteiger charge is 2.36. The molecule has 14 heavy (non-hydrogen) atoms. The molecule has 2 rings (SSSR count). The van der Waals surface area contributed by atoms with Crippen LogP contribution < -0.4 is 0 Å². The van der Waals surface area contributed by atoms with Crippen LogP contribution in [0.5, 0.6) is 0 Å². The molecule has 0 bridgehead atoms. The molecule has 1 atom stereocenters. The second-order valence-electron chi connectivity index (χ2n) is 5.08. The van der Waals surface area contributed by atoms with Crippen LogP contribution in [0.15, 0.2) is 30.3 Å². The molecule has 0 saturated carbocycles. The minimum Gasteiger partial charge on any atom is -0.291 e. The Morgan fingerprint density at radius 3 is 2.21 bits per heavy atom. The van der Waals surface area contributed by atoms with Gasteiger partial charge in [-0.3, -0.25) is 4.90 Å². The second-order valence-corrected chi connectivity index (χ2v) is 5.08. The highest BCUT2D eigenvalue weighted by molar-refractivity contribution is 5.21. The van der Waals surface area contributed by atoms with E-state index in [9.17, 15) is 0 Å². The molecule has 1 aromatic carbocycles. The van der Waals surface area contributed by atoms with E-state index in [4.69, 9.17) is 0 Å². The normalized spacial score (nSPS) is 23.2. The van der Waals surface area contributed by atoms with E-state index in [1.807, 2.05) is 0 Å². The maximum absolute atomic E-state index is 2.57. The minimum absolute atomic E-state index is 0.304. The van der Waals surface area contributed by atoms with Crippen molar-refractivity contribution in [2.45, 2.75) is 38.8 Å². The van der Waals surface area contributed by atoms with E-state index in [-0.39, 0.29) is 0 Å². The molecule has 0 amide bonds. The van der Waals surface area contributed by atoms with Gasteiger partial charge >= 0.3 is 0 Å². The van der Waals surface area contributed by atoms with Gasteiger partial charge in [0, 0.05) is 18.1 Å². The molecule has 0 spiro atoms. The first-order valence-electron chi connectivity index (χ1n) is 5.41. The number of rotatable bonds is 1. The fourth-order valence-electron chi connectivity index (χ4n) is 2.21. The maximum atomic E-state index is 2.57. The first kappa shape index (κ1) is 9.72. The molecule has 1 heteroatoms. The van der Waals surface area contributed by atoms with Gasteiger partial charge in [-0.2, -0.15) is 0 Å². The third-order valence-corrected chi connectivity index (χ3v) is 3.07. The van der Waals surface area contributed by atoms with Gasteiger partial charge in [0.05, 0.1) is 0 Å². The van der Waals surface area contributed by atoms with Crippen molar-refractivity contribution in [3.05, 3.63) is 35.9 Å². The summed E-state index contributed by atoms with van der Waals surface area (Å²) in [6, 6.07) is 11.5. The molecule has 76 valence electrons. The van der Waals surface area contributed by atoms with E-state index in [0.29, 0.717) is 11.6 Å². The summed E-state index contributed by atoms with van der Waals surface area (Å²) in [6.45, 7) is 8.12. The summed E-state index contributed by atoms with van der Waals surface area (Å²) in [4.78, 5) is 2.57. The van der Waals surface area contributed by atoms with Crippen molar-refractivity contribution in [2.75, 3.05) is 6.54 Å². The Morgan fingerprint density at radius 1 is 1.14 bits per heavy atom. The molecule has 0 aromatic heterocycles. The van der Waals surface area contributed by atoms with Crippen LogP contribution in [0, 0.1) is 0 Å². The highest BCUT2D eigenvalue weighted by Crippen LogP contribution is 2.38. The first-order valence-corrected chi connectivity index (χ1v) is 5.41. The van der Waals surface area contributed by atoms with Crippen LogP contribution >= 0.6 is 0 Å². The van der Waals surface area contributed by atoms with Crippen molar-refractivity contribution < 1.29 is 0 Å². The molecule has 1 unspecified atom stereocenters. The SMILES string of the molecule is CC(C)(C)N1CCC1c1ccccc1. The Labute approximate surface area is 86.7 Å². The molecule has 1 saturated heterocycles. The fourth-order valence-corrected chi connectivity index (χ4v) is 2.21. The quantitative estimate of drug-likeness (QED) is 0.655. The molecule has 1 heterocycles. The van der Waals surface area contributed by atoms with Crippen molar-refractivity contribution in [3.8, 4) is 0 Å². The van der Waals surface area contributed by atoms with Crippen molar-refractivity contribution in [1.82, 2.24) is 4.90 Å². The molecule has 1 aromatic rings. The van der Waals surface area contributed by atoms with E-state index >= 15 is 0 Å². The van der Waals surface area contributed by atoms with Gasteiger partial charge in [-0.05, 0) is 32.8 Å². The lowest BCUT2D eigenvalue weighted by Gasteiger charge is -2.49. The lowest BCUT2D eigenvalue weighted by atomic mass is 9.88. The first-order chi connectivity index (χ1) is 6.59. The molecular formula is C13H19N. The van der Waals surface area contributed by atoms with E-state index < -0.39 is 0 Å². The summed E-state index contributed by atoms with van der Waals surface area (Å²) in [5.74, 6) is 0. The summed E-state index contributed by atoms with van der Waals surface area (Å²) in [5.41, 5.74) is 1.77. The summed E-state index contributed by atoms with van der Waals surface area (Å²) < 4.78 is 0. The summed E-state index contributed by atoms with van der Waals surface area (Å²) in [5, 5.41) is 0. The topological polar surface area (TPSA) is 3.24 Å². The van der Waals surface area contributed by atoms with E-state index in [1.165, 1.54) is 18.5 Å². The van der Waals surface area contributed by atoms with Crippen LogP contribution in [-0.2, 0) is 0 Å². The van der Waals surface area contributed by atoms with Gasteiger partial charge < -0.3 is 0 Å². The maximum Gasteiger partial charge on any atom is 0.0365 e. The third-order valence-electron chi connectivity index (χ3n) is 3.07. The van der Waals surface area contributed by atoms with Gasteiger partial charge in [-0.1, -0.05) is 30.3 Å². The molecule has 0 N–H and O–H groups in total. The van der Waals surface area contributed by atoms with Crippen molar-refractivity contribution in [3.63, 3.8) is 0 Å². The fraction of sp³-hybridized carbons (Fsp3) is 0.538. The third kappa shape index (κ3) is 1.69. The number of nitrogens with zero attached hydrogens (tertiary/aromatic N) is 1. The molecule has 1 aliphatic rings. The van der Waals surface area contributed by atoms with E-state index in [2.05, 4.69) is 56.0 Å². The lowest BCUT2D eigenvalue weighted by molar-refractivity contribution is 0.000394. The van der Waals surface area contributed by atoms with Gasteiger partial charge in [-0.15, -0.1) is 0 Å². The summed E-state index contributed by atoms with van der Waals surface area (Å²) in [6.07, 6.45) is 1.31. The molecule has 0 aliphatic carbocycles. The standard InChI is InChI=1S/C13H19N/c1-13(2,3)14-10-9-12(14)11-7-5-4-6-8-11/h4-8,12H,9-10H2,1-3H3. The molecule has 1 nitrogen and oxygen atoms in total. The van der Waals surface area contributed by atoms with Crippen LogP contribution in [-0.4, -0.2) is 17.0 Å². The second kappa shape index (κ2) is 3.39.